The predicted molar refractivity (Wildman–Crippen MR) is 62.8 cm³/mol. The molecule has 1 aromatic rings. The van der Waals surface area contributed by atoms with Gasteiger partial charge in [0.25, 0.3) is 5.91 Å². The number of aryl methyl sites for hydroxylation is 1. The van der Waals surface area contributed by atoms with Gasteiger partial charge in [-0.1, -0.05) is 0 Å². The molecule has 0 saturated carbocycles. The smallest absolute Gasteiger partial charge is 0.323 e. The standard InChI is InChI=1S/C12H16N2O3/c1-8(2)14(7-11(15)16)12(17)10-5-4-9(3)13-6-10/h4-6,8H,7H2,1-3H3,(H,15,16). The number of carboxylic acids is 1. The second-order valence-corrected chi connectivity index (χ2v) is 4.11. The fraction of sp³-hybridized carbons (Fsp3) is 0.417. The number of pyridine rings is 1. The summed E-state index contributed by atoms with van der Waals surface area (Å²) in [4.78, 5) is 28.1. The second kappa shape index (κ2) is 5.43. The van der Waals surface area contributed by atoms with E-state index in [4.69, 9.17) is 5.11 Å². The third kappa shape index (κ3) is 3.55. The van der Waals surface area contributed by atoms with E-state index in [1.54, 1.807) is 26.0 Å². The molecule has 0 aliphatic rings. The molecule has 5 nitrogen and oxygen atoms in total. The second-order valence-electron chi connectivity index (χ2n) is 4.11. The van der Waals surface area contributed by atoms with Gasteiger partial charge in [0.05, 0.1) is 5.56 Å². The lowest BCUT2D eigenvalue weighted by Crippen LogP contribution is -2.40. The molecule has 0 fully saturated rings. The average Bonchev–Trinajstić information content (AvgIpc) is 2.25. The molecule has 1 amide bonds. The number of aromatic nitrogens is 1. The van der Waals surface area contributed by atoms with Gasteiger partial charge in [0.2, 0.25) is 0 Å². The van der Waals surface area contributed by atoms with Crippen LogP contribution in [-0.2, 0) is 4.79 Å². The normalized spacial score (nSPS) is 10.4. The van der Waals surface area contributed by atoms with Crippen molar-refractivity contribution in [2.75, 3.05) is 6.54 Å². The van der Waals surface area contributed by atoms with E-state index in [-0.39, 0.29) is 18.5 Å². The molecule has 1 rings (SSSR count). The summed E-state index contributed by atoms with van der Waals surface area (Å²) >= 11 is 0. The lowest BCUT2D eigenvalue weighted by molar-refractivity contribution is -0.138. The molecule has 0 spiro atoms. The molecule has 0 aliphatic heterocycles. The Labute approximate surface area is 100 Å². The Hall–Kier alpha value is -1.91. The van der Waals surface area contributed by atoms with Gasteiger partial charge < -0.3 is 10.0 Å². The van der Waals surface area contributed by atoms with Crippen molar-refractivity contribution in [3.8, 4) is 0 Å². The molecule has 0 aliphatic carbocycles. The van der Waals surface area contributed by atoms with Gasteiger partial charge in [0, 0.05) is 17.9 Å². The van der Waals surface area contributed by atoms with Gasteiger partial charge in [0.1, 0.15) is 6.54 Å². The first kappa shape index (κ1) is 13.2. The van der Waals surface area contributed by atoms with Crippen LogP contribution >= 0.6 is 0 Å². The largest absolute Gasteiger partial charge is 0.480 e. The Balaban J connectivity index is 2.91. The maximum absolute atomic E-state index is 12.1. The minimum absolute atomic E-state index is 0.167. The van der Waals surface area contributed by atoms with Crippen LogP contribution in [0.3, 0.4) is 0 Å². The molecule has 92 valence electrons. The molecule has 0 atom stereocenters. The number of hydrogen-bond acceptors (Lipinski definition) is 3. The maximum atomic E-state index is 12.1. The van der Waals surface area contributed by atoms with Crippen molar-refractivity contribution in [3.63, 3.8) is 0 Å². The topological polar surface area (TPSA) is 70.5 Å². The molecule has 1 N–H and O–H groups in total. The number of hydrogen-bond donors (Lipinski definition) is 1. The monoisotopic (exact) mass is 236 g/mol. The Morgan fingerprint density at radius 3 is 2.47 bits per heavy atom. The molecule has 0 unspecified atom stereocenters. The number of nitrogens with zero attached hydrogens (tertiary/aromatic N) is 2. The van der Waals surface area contributed by atoms with E-state index in [0.29, 0.717) is 5.56 Å². The highest BCUT2D eigenvalue weighted by atomic mass is 16.4. The molecular weight excluding hydrogens is 220 g/mol. The Kier molecular flexibility index (Phi) is 4.20. The van der Waals surface area contributed by atoms with Gasteiger partial charge in [-0.05, 0) is 32.9 Å². The van der Waals surface area contributed by atoms with Crippen molar-refractivity contribution in [1.29, 1.82) is 0 Å². The zero-order valence-electron chi connectivity index (χ0n) is 10.2. The van der Waals surface area contributed by atoms with Crippen LogP contribution in [0.5, 0.6) is 0 Å². The van der Waals surface area contributed by atoms with Crippen LogP contribution in [0.15, 0.2) is 18.3 Å². The van der Waals surface area contributed by atoms with Crippen molar-refractivity contribution >= 4 is 11.9 Å². The van der Waals surface area contributed by atoms with Crippen LogP contribution in [0.2, 0.25) is 0 Å². The summed E-state index contributed by atoms with van der Waals surface area (Å²) in [5.74, 6) is -1.33. The number of rotatable bonds is 4. The molecule has 0 bridgehead atoms. The van der Waals surface area contributed by atoms with E-state index in [1.165, 1.54) is 11.1 Å². The van der Waals surface area contributed by atoms with Crippen LogP contribution in [0, 0.1) is 6.92 Å². The zero-order chi connectivity index (χ0) is 13.0. The molecule has 0 aromatic carbocycles. The maximum Gasteiger partial charge on any atom is 0.323 e. The first-order valence-electron chi connectivity index (χ1n) is 5.37. The number of aliphatic carboxylic acids is 1. The first-order chi connectivity index (χ1) is 7.91. The summed E-state index contributed by atoms with van der Waals surface area (Å²) in [6.07, 6.45) is 1.47. The van der Waals surface area contributed by atoms with E-state index in [9.17, 15) is 9.59 Å². The molecule has 1 heterocycles. The summed E-state index contributed by atoms with van der Waals surface area (Å²) in [6, 6.07) is 3.22. The minimum atomic E-state index is -1.02. The third-order valence-electron chi connectivity index (χ3n) is 2.35. The van der Waals surface area contributed by atoms with Crippen molar-refractivity contribution in [2.45, 2.75) is 26.8 Å². The molecule has 1 aromatic heterocycles. The summed E-state index contributed by atoms with van der Waals surface area (Å²) < 4.78 is 0. The van der Waals surface area contributed by atoms with Crippen molar-refractivity contribution in [1.82, 2.24) is 9.88 Å². The van der Waals surface area contributed by atoms with Crippen LogP contribution in [-0.4, -0.2) is 39.5 Å². The first-order valence-corrected chi connectivity index (χ1v) is 5.37. The molecular formula is C12H16N2O3. The lowest BCUT2D eigenvalue weighted by Gasteiger charge is -2.24. The van der Waals surface area contributed by atoms with E-state index in [1.807, 2.05) is 6.92 Å². The summed E-state index contributed by atoms with van der Waals surface area (Å²) in [6.45, 7) is 5.08. The Morgan fingerprint density at radius 1 is 1.41 bits per heavy atom. The number of carboxylic acid groups (broad SMARTS) is 1. The Morgan fingerprint density at radius 2 is 2.06 bits per heavy atom. The summed E-state index contributed by atoms with van der Waals surface area (Å²) in [5.41, 5.74) is 1.22. The molecule has 17 heavy (non-hydrogen) atoms. The van der Waals surface area contributed by atoms with Gasteiger partial charge in [-0.25, -0.2) is 0 Å². The van der Waals surface area contributed by atoms with Crippen LogP contribution < -0.4 is 0 Å². The predicted octanol–water partition coefficient (Wildman–Crippen LogP) is 1.33. The number of carbonyl (C=O) groups is 2. The van der Waals surface area contributed by atoms with Gasteiger partial charge in [-0.3, -0.25) is 14.6 Å². The lowest BCUT2D eigenvalue weighted by atomic mass is 10.2. The molecule has 0 saturated heterocycles. The van der Waals surface area contributed by atoms with E-state index >= 15 is 0 Å². The number of amides is 1. The fourth-order valence-corrected chi connectivity index (χ4v) is 1.39. The van der Waals surface area contributed by atoms with Gasteiger partial charge in [0.15, 0.2) is 0 Å². The minimum Gasteiger partial charge on any atom is -0.480 e. The highest BCUT2D eigenvalue weighted by molar-refractivity contribution is 5.95. The quantitative estimate of drug-likeness (QED) is 0.856. The Bertz CT molecular complexity index is 412. The van der Waals surface area contributed by atoms with Crippen LogP contribution in [0.1, 0.15) is 29.9 Å². The van der Waals surface area contributed by atoms with Crippen LogP contribution in [0.4, 0.5) is 0 Å². The average molecular weight is 236 g/mol. The van der Waals surface area contributed by atoms with Gasteiger partial charge in [-0.15, -0.1) is 0 Å². The van der Waals surface area contributed by atoms with Crippen molar-refractivity contribution in [3.05, 3.63) is 29.6 Å². The van der Waals surface area contributed by atoms with Crippen LogP contribution in [0.25, 0.3) is 0 Å². The van der Waals surface area contributed by atoms with Crippen molar-refractivity contribution < 1.29 is 14.7 Å². The van der Waals surface area contributed by atoms with E-state index in [2.05, 4.69) is 4.98 Å². The van der Waals surface area contributed by atoms with Gasteiger partial charge in [-0.2, -0.15) is 0 Å². The van der Waals surface area contributed by atoms with E-state index in [0.717, 1.165) is 5.69 Å². The SMILES string of the molecule is Cc1ccc(C(=O)N(CC(=O)O)C(C)C)cn1. The van der Waals surface area contributed by atoms with Crippen molar-refractivity contribution in [2.24, 2.45) is 0 Å². The highest BCUT2D eigenvalue weighted by Crippen LogP contribution is 2.08. The zero-order valence-corrected chi connectivity index (χ0v) is 10.2. The number of carbonyl (C=O) groups excluding carboxylic acids is 1. The fourth-order valence-electron chi connectivity index (χ4n) is 1.39. The molecule has 0 radical (unpaired) electrons. The highest BCUT2D eigenvalue weighted by Gasteiger charge is 2.21. The summed E-state index contributed by atoms with van der Waals surface area (Å²) in [5, 5.41) is 8.76. The third-order valence-corrected chi connectivity index (χ3v) is 2.35. The van der Waals surface area contributed by atoms with Gasteiger partial charge >= 0.3 is 5.97 Å². The molecule has 5 heteroatoms. The van der Waals surface area contributed by atoms with E-state index < -0.39 is 5.97 Å². The summed E-state index contributed by atoms with van der Waals surface area (Å²) in [7, 11) is 0.